The molecule has 1 N–H and O–H groups in total. The van der Waals surface area contributed by atoms with Gasteiger partial charge in [0.15, 0.2) is 5.96 Å². The molecule has 1 unspecified atom stereocenters. The summed E-state index contributed by atoms with van der Waals surface area (Å²) >= 11 is 0. The molecule has 1 rings (SSSR count). The van der Waals surface area contributed by atoms with Crippen LogP contribution < -0.4 is 10.1 Å². The number of benzene rings is 1. The van der Waals surface area contributed by atoms with Crippen LogP contribution in [-0.2, 0) is 10.8 Å². The molecular weight excluding hydrogens is 456 g/mol. The van der Waals surface area contributed by atoms with Gasteiger partial charge < -0.3 is 15.0 Å². The molecule has 0 bridgehead atoms. The van der Waals surface area contributed by atoms with Crippen molar-refractivity contribution in [1.29, 1.82) is 0 Å². The Morgan fingerprint density at radius 1 is 1.32 bits per heavy atom. The molecule has 0 saturated carbocycles. The van der Waals surface area contributed by atoms with E-state index in [1.165, 1.54) is 12.1 Å². The fourth-order valence-corrected chi connectivity index (χ4v) is 2.78. The third-order valence-corrected chi connectivity index (χ3v) is 5.28. The van der Waals surface area contributed by atoms with Crippen LogP contribution in [0.4, 0.5) is 4.39 Å². The van der Waals surface area contributed by atoms with Gasteiger partial charge in [0.2, 0.25) is 0 Å². The Balaban J connectivity index is 0.00000576. The summed E-state index contributed by atoms with van der Waals surface area (Å²) in [5, 5.41) is 3.21. The molecule has 0 amide bonds. The van der Waals surface area contributed by atoms with Gasteiger partial charge in [-0.15, -0.1) is 24.0 Å². The van der Waals surface area contributed by atoms with Crippen LogP contribution >= 0.6 is 24.0 Å². The lowest BCUT2D eigenvalue weighted by molar-refractivity contribution is 0.281. The first-order valence-electron chi connectivity index (χ1n) is 7.92. The highest BCUT2D eigenvalue weighted by Gasteiger charge is 2.18. The predicted octanol–water partition coefficient (Wildman–Crippen LogP) is 2.88. The number of halogens is 2. The predicted molar refractivity (Wildman–Crippen MR) is 114 cm³/mol. The minimum atomic E-state index is -0.893. The monoisotopic (exact) mass is 485 g/mol. The fraction of sp³-hybridized carbons (Fsp3) is 0.588. The number of rotatable bonds is 7. The average molecular weight is 485 g/mol. The first-order chi connectivity index (χ1) is 11.2. The van der Waals surface area contributed by atoms with Crippen molar-refractivity contribution >= 4 is 40.7 Å². The summed E-state index contributed by atoms with van der Waals surface area (Å²) in [6.07, 6.45) is 0. The summed E-state index contributed by atoms with van der Waals surface area (Å²) in [6.45, 7) is 7.58. The van der Waals surface area contributed by atoms with Crippen LogP contribution in [0, 0.1) is 5.82 Å². The van der Waals surface area contributed by atoms with Gasteiger partial charge >= 0.3 is 0 Å². The van der Waals surface area contributed by atoms with Crippen molar-refractivity contribution in [2.75, 3.05) is 39.5 Å². The second-order valence-corrected chi connectivity index (χ2v) is 8.68. The summed E-state index contributed by atoms with van der Waals surface area (Å²) in [5.41, 5.74) is 0. The maximum atomic E-state index is 12.8. The van der Waals surface area contributed by atoms with Gasteiger partial charge in [0.05, 0.1) is 6.54 Å². The van der Waals surface area contributed by atoms with Crippen molar-refractivity contribution in [3.63, 3.8) is 0 Å². The highest BCUT2D eigenvalue weighted by molar-refractivity contribution is 14.0. The van der Waals surface area contributed by atoms with Crippen LogP contribution in [0.3, 0.4) is 0 Å². The highest BCUT2D eigenvalue weighted by atomic mass is 127. The molecule has 8 heteroatoms. The van der Waals surface area contributed by atoms with Crippen molar-refractivity contribution in [3.8, 4) is 5.75 Å². The summed E-state index contributed by atoms with van der Waals surface area (Å²) in [4.78, 5) is 6.15. The summed E-state index contributed by atoms with van der Waals surface area (Å²) < 4.78 is 30.2. The van der Waals surface area contributed by atoms with Gasteiger partial charge in [-0.05, 0) is 45.0 Å². The molecule has 5 nitrogen and oxygen atoms in total. The highest BCUT2D eigenvalue weighted by Crippen LogP contribution is 2.11. The second kappa shape index (κ2) is 11.7. The molecule has 1 atom stereocenters. The van der Waals surface area contributed by atoms with E-state index in [0.29, 0.717) is 31.2 Å². The van der Waals surface area contributed by atoms with Gasteiger partial charge in [-0.3, -0.25) is 9.20 Å². The summed E-state index contributed by atoms with van der Waals surface area (Å²) in [6, 6.07) is 5.94. The lowest BCUT2D eigenvalue weighted by Gasteiger charge is -2.23. The molecule has 0 saturated heterocycles. The molecule has 0 aromatic heterocycles. The third kappa shape index (κ3) is 9.39. The van der Waals surface area contributed by atoms with Crippen molar-refractivity contribution in [2.45, 2.75) is 25.5 Å². The zero-order valence-electron chi connectivity index (χ0n) is 15.5. The number of aliphatic imine (C=N–C) groups is 1. The second-order valence-electron chi connectivity index (χ2n) is 6.36. The Bertz CT molecular complexity index is 562. The zero-order valence-corrected chi connectivity index (χ0v) is 18.7. The zero-order chi connectivity index (χ0) is 18.2. The maximum absolute atomic E-state index is 12.8. The van der Waals surface area contributed by atoms with E-state index < -0.39 is 10.8 Å². The third-order valence-electron chi connectivity index (χ3n) is 3.34. The number of hydrogen-bond donors (Lipinski definition) is 1. The number of guanidine groups is 1. The first-order valence-corrected chi connectivity index (χ1v) is 9.24. The molecule has 0 aliphatic rings. The normalized spacial score (nSPS) is 13.0. The lowest BCUT2D eigenvalue weighted by Crippen LogP contribution is -2.43. The minimum absolute atomic E-state index is 0. The molecule has 0 heterocycles. The van der Waals surface area contributed by atoms with Crippen molar-refractivity contribution in [1.82, 2.24) is 10.2 Å². The number of nitrogens with one attached hydrogen (secondary N) is 1. The molecule has 25 heavy (non-hydrogen) atoms. The lowest BCUT2D eigenvalue weighted by atomic mass is 10.3. The minimum Gasteiger partial charge on any atom is -0.492 e. The van der Waals surface area contributed by atoms with Crippen LogP contribution in [0.1, 0.15) is 20.8 Å². The van der Waals surface area contributed by atoms with E-state index in [0.717, 1.165) is 5.96 Å². The Morgan fingerprint density at radius 2 is 1.92 bits per heavy atom. The average Bonchev–Trinajstić information content (AvgIpc) is 2.52. The van der Waals surface area contributed by atoms with E-state index in [4.69, 9.17) is 4.74 Å². The Hall–Kier alpha value is -0.900. The van der Waals surface area contributed by atoms with E-state index in [-0.39, 0.29) is 34.5 Å². The molecule has 0 aliphatic carbocycles. The van der Waals surface area contributed by atoms with Crippen LogP contribution in [0.15, 0.2) is 29.3 Å². The smallest absolute Gasteiger partial charge is 0.193 e. The van der Waals surface area contributed by atoms with Gasteiger partial charge in [-0.1, -0.05) is 0 Å². The van der Waals surface area contributed by atoms with E-state index in [1.807, 2.05) is 32.7 Å². The quantitative estimate of drug-likeness (QED) is 0.367. The molecule has 0 spiro atoms. The van der Waals surface area contributed by atoms with Crippen LogP contribution in [0.5, 0.6) is 5.75 Å². The van der Waals surface area contributed by atoms with Crippen LogP contribution in [0.25, 0.3) is 0 Å². The maximum Gasteiger partial charge on any atom is 0.193 e. The topological polar surface area (TPSA) is 53.9 Å². The van der Waals surface area contributed by atoms with E-state index in [1.54, 1.807) is 19.2 Å². The van der Waals surface area contributed by atoms with E-state index in [9.17, 15) is 8.60 Å². The van der Waals surface area contributed by atoms with Gasteiger partial charge in [0.25, 0.3) is 0 Å². The van der Waals surface area contributed by atoms with Crippen molar-refractivity contribution in [3.05, 3.63) is 30.1 Å². The first kappa shape index (κ1) is 24.1. The Kier molecular flexibility index (Phi) is 11.2. The summed E-state index contributed by atoms with van der Waals surface area (Å²) in [7, 11) is 2.72. The van der Waals surface area contributed by atoms with E-state index in [2.05, 4.69) is 10.3 Å². The molecule has 1 aromatic carbocycles. The molecule has 0 fully saturated rings. The van der Waals surface area contributed by atoms with Gasteiger partial charge in [0.1, 0.15) is 18.2 Å². The fourth-order valence-electron chi connectivity index (χ4n) is 1.88. The van der Waals surface area contributed by atoms with Gasteiger partial charge in [-0.25, -0.2) is 4.39 Å². The summed E-state index contributed by atoms with van der Waals surface area (Å²) in [5.74, 6) is 1.65. The molecule has 0 aliphatic heterocycles. The van der Waals surface area contributed by atoms with Crippen molar-refractivity contribution in [2.24, 2.45) is 4.99 Å². The number of hydrogen-bond acceptors (Lipinski definition) is 3. The largest absolute Gasteiger partial charge is 0.492 e. The van der Waals surface area contributed by atoms with Crippen LogP contribution in [-0.4, -0.2) is 59.4 Å². The van der Waals surface area contributed by atoms with Crippen molar-refractivity contribution < 1.29 is 13.3 Å². The number of nitrogens with zero attached hydrogens (tertiary/aromatic N) is 2. The standard InChI is InChI=1S/C17H28FN3O2S.HI/c1-17(2,3)24(22)13-10-20-16(19-4)21(5)11-12-23-15-8-6-14(18)7-9-15;/h6-9H,10-13H2,1-5H3,(H,19,20);1H. The molecule has 0 radical (unpaired) electrons. The molecule has 144 valence electrons. The van der Waals surface area contributed by atoms with Gasteiger partial charge in [0, 0.05) is 41.9 Å². The Labute approximate surface area is 169 Å². The number of likely N-dealkylation sites (N-methyl/N-ethyl adjacent to an activating group) is 1. The van der Waals surface area contributed by atoms with Gasteiger partial charge in [-0.2, -0.15) is 0 Å². The Morgan fingerprint density at radius 3 is 2.44 bits per heavy atom. The number of ether oxygens (including phenoxy) is 1. The SMILES string of the molecule is CN=C(NCCS(=O)C(C)(C)C)N(C)CCOc1ccc(F)cc1.I. The molecule has 1 aromatic rings. The molecular formula is C17H29FIN3O2S. The van der Waals surface area contributed by atoms with Crippen LogP contribution in [0.2, 0.25) is 0 Å². The van der Waals surface area contributed by atoms with E-state index >= 15 is 0 Å².